The normalized spacial score (nSPS) is 15.0. The number of hydrogen-bond acceptors (Lipinski definition) is 3. The van der Waals surface area contributed by atoms with E-state index in [0.717, 1.165) is 6.54 Å². The summed E-state index contributed by atoms with van der Waals surface area (Å²) in [5, 5.41) is 6.14. The maximum Gasteiger partial charge on any atom is 0.0745 e. The van der Waals surface area contributed by atoms with Crippen LogP contribution in [0.1, 0.15) is 27.8 Å². The minimum atomic E-state index is -0.468. The molecule has 11 rings (SSSR count). The van der Waals surface area contributed by atoms with Gasteiger partial charge < -0.3 is 9.88 Å². The highest BCUT2D eigenvalue weighted by molar-refractivity contribution is 8.00. The highest BCUT2D eigenvalue weighted by atomic mass is 32.2. The molecule has 0 atom stereocenters. The first-order chi connectivity index (χ1) is 25.8. The molecule has 246 valence electrons. The highest BCUT2D eigenvalue weighted by Gasteiger charge is 2.49. The van der Waals surface area contributed by atoms with E-state index < -0.39 is 5.41 Å². The maximum atomic E-state index is 3.61. The quantitative estimate of drug-likeness (QED) is 0.198. The summed E-state index contributed by atoms with van der Waals surface area (Å²) in [4.78, 5) is 5.25. The number of fused-ring (bicyclic) bond motifs is 11. The predicted octanol–water partition coefficient (Wildman–Crippen LogP) is 12.3. The van der Waals surface area contributed by atoms with Gasteiger partial charge in [0.2, 0.25) is 0 Å². The number of allylic oxidation sites excluding steroid dienone is 2. The summed E-state index contributed by atoms with van der Waals surface area (Å²) in [7, 11) is 0. The van der Waals surface area contributed by atoms with Crippen molar-refractivity contribution in [1.29, 1.82) is 0 Å². The van der Waals surface area contributed by atoms with E-state index in [1.165, 1.54) is 91.7 Å². The topological polar surface area (TPSA) is 17.0 Å². The van der Waals surface area contributed by atoms with E-state index in [0.29, 0.717) is 0 Å². The van der Waals surface area contributed by atoms with Crippen LogP contribution < -0.4 is 5.32 Å². The van der Waals surface area contributed by atoms with Crippen molar-refractivity contribution in [2.75, 3.05) is 6.54 Å². The molecule has 0 amide bonds. The van der Waals surface area contributed by atoms with Crippen LogP contribution in [-0.2, 0) is 5.41 Å². The number of hydrogen-bond donors (Lipinski definition) is 1. The van der Waals surface area contributed by atoms with Crippen LogP contribution in [0.5, 0.6) is 0 Å². The lowest BCUT2D eigenvalue weighted by Crippen LogP contribution is -2.37. The lowest BCUT2D eigenvalue weighted by Gasteiger charge is -2.46. The molecule has 1 aromatic heterocycles. The summed E-state index contributed by atoms with van der Waals surface area (Å²) < 4.78 is 2.40. The van der Waals surface area contributed by atoms with E-state index in [-0.39, 0.29) is 0 Å². The third-order valence-electron chi connectivity index (χ3n) is 10.9. The predicted molar refractivity (Wildman–Crippen MR) is 218 cm³/mol. The number of nitrogens with one attached hydrogen (secondary N) is 1. The fraction of sp³-hybridized carbons (Fsp3) is 0.0417. The Kier molecular flexibility index (Phi) is 6.73. The minimum absolute atomic E-state index is 0.468. The third-order valence-corrected chi connectivity index (χ3v) is 13.3. The second kappa shape index (κ2) is 11.7. The molecule has 4 heteroatoms. The van der Waals surface area contributed by atoms with Crippen molar-refractivity contribution in [3.8, 4) is 16.8 Å². The molecule has 1 N–H and O–H groups in total. The van der Waals surface area contributed by atoms with Crippen molar-refractivity contribution >= 4 is 51.0 Å². The van der Waals surface area contributed by atoms with E-state index >= 15 is 0 Å². The lowest BCUT2D eigenvalue weighted by atomic mass is 9.64. The number of para-hydroxylation sites is 2. The van der Waals surface area contributed by atoms with E-state index in [1.54, 1.807) is 0 Å². The van der Waals surface area contributed by atoms with E-state index in [9.17, 15) is 0 Å². The van der Waals surface area contributed by atoms with Crippen LogP contribution in [0.3, 0.4) is 0 Å². The molecule has 1 spiro atoms. The molecule has 8 aromatic rings. The first kappa shape index (κ1) is 30.0. The second-order valence-corrected chi connectivity index (χ2v) is 15.8. The Bertz CT molecular complexity index is 2760. The molecule has 0 radical (unpaired) electrons. The molecule has 0 saturated heterocycles. The number of dihydropyridines is 1. The lowest BCUT2D eigenvalue weighted by molar-refractivity contribution is 0.667. The fourth-order valence-electron chi connectivity index (χ4n) is 8.74. The Labute approximate surface area is 311 Å². The zero-order valence-electron chi connectivity index (χ0n) is 28.2. The van der Waals surface area contributed by atoms with Crippen LogP contribution in [0.25, 0.3) is 44.3 Å². The highest BCUT2D eigenvalue weighted by Crippen LogP contribution is 2.63. The molecule has 4 heterocycles. The first-order valence-electron chi connectivity index (χ1n) is 17.8. The molecule has 0 unspecified atom stereocenters. The Morgan fingerprint density at radius 1 is 0.519 bits per heavy atom. The van der Waals surface area contributed by atoms with Gasteiger partial charge in [0.15, 0.2) is 0 Å². The zero-order valence-corrected chi connectivity index (χ0v) is 29.8. The molecule has 52 heavy (non-hydrogen) atoms. The molecular weight excluding hydrogens is 669 g/mol. The van der Waals surface area contributed by atoms with Crippen LogP contribution in [0.4, 0.5) is 0 Å². The summed E-state index contributed by atoms with van der Waals surface area (Å²) in [6.07, 6.45) is 6.51. The summed E-state index contributed by atoms with van der Waals surface area (Å²) in [6.45, 7) is 0.841. The molecule has 0 fully saturated rings. The van der Waals surface area contributed by atoms with Gasteiger partial charge in [-0.25, -0.2) is 0 Å². The van der Waals surface area contributed by atoms with Gasteiger partial charge in [0.1, 0.15) is 0 Å². The first-order valence-corrected chi connectivity index (χ1v) is 19.5. The van der Waals surface area contributed by atoms with Gasteiger partial charge in [0.25, 0.3) is 0 Å². The van der Waals surface area contributed by atoms with Gasteiger partial charge in [0, 0.05) is 48.3 Å². The molecule has 0 aliphatic carbocycles. The molecule has 2 nitrogen and oxygen atoms in total. The number of aromatic nitrogens is 1. The van der Waals surface area contributed by atoms with Gasteiger partial charge in [-0.05, 0) is 93.6 Å². The largest absolute Gasteiger partial charge is 0.381 e. The van der Waals surface area contributed by atoms with Crippen molar-refractivity contribution < 1.29 is 0 Å². The molecule has 7 aromatic carbocycles. The van der Waals surface area contributed by atoms with E-state index in [4.69, 9.17) is 0 Å². The Balaban J connectivity index is 1.20. The van der Waals surface area contributed by atoms with Crippen molar-refractivity contribution in [3.05, 3.63) is 204 Å². The van der Waals surface area contributed by atoms with Crippen molar-refractivity contribution in [2.45, 2.75) is 25.0 Å². The SMILES string of the molecule is C1=CCNC(c2ccc3c(c2)Sc2c(-c4ccc5c(c4)c4ccccc4n5-c4ccccc4)cccc2C32c3ccccc3Sc3ccccc32)=C1. The van der Waals surface area contributed by atoms with Crippen molar-refractivity contribution in [1.82, 2.24) is 9.88 Å². The summed E-state index contributed by atoms with van der Waals surface area (Å²) in [5.41, 5.74) is 13.4. The van der Waals surface area contributed by atoms with Crippen LogP contribution in [0, 0.1) is 0 Å². The van der Waals surface area contributed by atoms with Gasteiger partial charge in [-0.1, -0.05) is 145 Å². The van der Waals surface area contributed by atoms with Crippen LogP contribution >= 0.6 is 23.5 Å². The Morgan fingerprint density at radius 3 is 2.02 bits per heavy atom. The molecule has 3 aliphatic rings. The van der Waals surface area contributed by atoms with Gasteiger partial charge in [-0.15, -0.1) is 0 Å². The average Bonchev–Trinajstić information content (AvgIpc) is 3.55. The smallest absolute Gasteiger partial charge is 0.0745 e. The zero-order chi connectivity index (χ0) is 34.2. The monoisotopic (exact) mass is 700 g/mol. The average molecular weight is 701 g/mol. The van der Waals surface area contributed by atoms with Crippen LogP contribution in [0.15, 0.2) is 196 Å². The van der Waals surface area contributed by atoms with Gasteiger partial charge in [-0.3, -0.25) is 0 Å². The summed E-state index contributed by atoms with van der Waals surface area (Å²) >= 11 is 3.82. The van der Waals surface area contributed by atoms with Gasteiger partial charge in [0.05, 0.1) is 16.4 Å². The standard InChI is InChI=1S/C48H32N2S2/c1-2-13-33(14-3-1)50-42-21-7-4-15-35(42)36-29-31(25-27-43(36)50)34-16-12-19-40-47(34)52-46-30-32(41-20-10-11-28-49-41)24-26-39(46)48(40)37-17-5-8-22-44(37)51-45-23-9-6-18-38(45)48/h1-27,29-30,49H,28H2. The van der Waals surface area contributed by atoms with Crippen molar-refractivity contribution in [2.24, 2.45) is 0 Å². The van der Waals surface area contributed by atoms with E-state index in [2.05, 4.69) is 186 Å². The summed E-state index contributed by atoms with van der Waals surface area (Å²) in [5.74, 6) is 0. The molecule has 0 bridgehead atoms. The Morgan fingerprint density at radius 2 is 1.21 bits per heavy atom. The number of rotatable bonds is 3. The second-order valence-electron chi connectivity index (χ2n) is 13.6. The Hall–Kier alpha value is -5.68. The molecule has 0 saturated carbocycles. The number of nitrogens with zero attached hydrogens (tertiary/aromatic N) is 1. The van der Waals surface area contributed by atoms with Crippen LogP contribution in [-0.4, -0.2) is 11.1 Å². The summed E-state index contributed by atoms with van der Waals surface area (Å²) in [6, 6.07) is 58.9. The van der Waals surface area contributed by atoms with E-state index in [1.807, 2.05) is 23.5 Å². The molecular formula is C48H32N2S2. The van der Waals surface area contributed by atoms with Gasteiger partial charge in [-0.2, -0.15) is 0 Å². The fourth-order valence-corrected chi connectivity index (χ4v) is 11.3. The van der Waals surface area contributed by atoms with Crippen molar-refractivity contribution in [3.63, 3.8) is 0 Å². The van der Waals surface area contributed by atoms with Crippen LogP contribution in [0.2, 0.25) is 0 Å². The van der Waals surface area contributed by atoms with Gasteiger partial charge >= 0.3 is 0 Å². The third kappa shape index (κ3) is 4.28. The minimum Gasteiger partial charge on any atom is -0.381 e. The number of benzene rings is 7. The maximum absolute atomic E-state index is 3.61. The molecule has 3 aliphatic heterocycles.